The van der Waals surface area contributed by atoms with Crippen LogP contribution in [0.5, 0.6) is 0 Å². The van der Waals surface area contributed by atoms with Crippen LogP contribution in [0.3, 0.4) is 0 Å². The lowest BCUT2D eigenvalue weighted by atomic mass is 10.2. The summed E-state index contributed by atoms with van der Waals surface area (Å²) in [6.07, 6.45) is 6.05. The number of unbranched alkanes of at least 4 members (excludes halogenated alkanes) is 3. The van der Waals surface area contributed by atoms with Crippen LogP contribution in [-0.4, -0.2) is 25.2 Å². The van der Waals surface area contributed by atoms with Crippen molar-refractivity contribution in [2.75, 3.05) is 6.54 Å². The molecule has 2 rings (SSSR count). The summed E-state index contributed by atoms with van der Waals surface area (Å²) in [5, 5.41) is 0. The molecular weight excluding hydrogens is 294 g/mol. The van der Waals surface area contributed by atoms with Gasteiger partial charge in [0.1, 0.15) is 0 Å². The second-order valence-corrected chi connectivity index (χ2v) is 5.08. The highest BCUT2D eigenvalue weighted by atomic mass is 35.5. The molecule has 0 radical (unpaired) electrons. The van der Waals surface area contributed by atoms with Gasteiger partial charge < -0.3 is 22.7 Å². The van der Waals surface area contributed by atoms with Crippen molar-refractivity contribution in [2.24, 2.45) is 14.1 Å². The van der Waals surface area contributed by atoms with Gasteiger partial charge in [0.05, 0.1) is 12.9 Å². The van der Waals surface area contributed by atoms with Crippen LogP contribution < -0.4 is 29.4 Å². The predicted molar refractivity (Wildman–Crippen MR) is 76.4 cm³/mol. The van der Waals surface area contributed by atoms with Gasteiger partial charge in [-0.2, -0.15) is 0 Å². The van der Waals surface area contributed by atoms with E-state index in [9.17, 15) is 9.59 Å². The molecule has 0 aliphatic heterocycles. The zero-order chi connectivity index (χ0) is 14.7. The van der Waals surface area contributed by atoms with E-state index >= 15 is 0 Å². The maximum absolute atomic E-state index is 12.2. The molecule has 7 nitrogen and oxygen atoms in total. The summed E-state index contributed by atoms with van der Waals surface area (Å²) in [6, 6.07) is 0. The first kappa shape index (κ1) is 17.5. The van der Waals surface area contributed by atoms with E-state index in [2.05, 4.69) is 10.7 Å². The van der Waals surface area contributed by atoms with Gasteiger partial charge in [0.15, 0.2) is 11.2 Å². The normalized spacial score (nSPS) is 10.8. The van der Waals surface area contributed by atoms with Gasteiger partial charge in [-0.25, -0.2) is 9.78 Å². The minimum absolute atomic E-state index is 0. The minimum atomic E-state index is -0.344. The van der Waals surface area contributed by atoms with Gasteiger partial charge in [-0.15, -0.1) is 0 Å². The Morgan fingerprint density at radius 2 is 1.76 bits per heavy atom. The average molecular weight is 316 g/mol. The summed E-state index contributed by atoms with van der Waals surface area (Å²) < 4.78 is 4.39. The Labute approximate surface area is 128 Å². The first-order valence-electron chi connectivity index (χ1n) is 6.98. The van der Waals surface area contributed by atoms with E-state index in [1.54, 1.807) is 13.4 Å². The van der Waals surface area contributed by atoms with Crippen molar-refractivity contribution in [3.63, 3.8) is 0 Å². The summed E-state index contributed by atoms with van der Waals surface area (Å²) in [5.74, 6) is 0. The maximum Gasteiger partial charge on any atom is 0.332 e. The topological polar surface area (TPSA) is 89.5 Å². The van der Waals surface area contributed by atoms with Crippen LogP contribution in [0.25, 0.3) is 11.2 Å². The number of hydrogen-bond donors (Lipinski definition) is 1. The van der Waals surface area contributed by atoms with Crippen LogP contribution in [0, 0.1) is 0 Å². The fourth-order valence-corrected chi connectivity index (χ4v) is 2.38. The summed E-state index contributed by atoms with van der Waals surface area (Å²) in [5.41, 5.74) is 4.16. The van der Waals surface area contributed by atoms with Crippen molar-refractivity contribution in [1.29, 1.82) is 0 Å². The molecule has 21 heavy (non-hydrogen) atoms. The molecule has 0 unspecified atom stereocenters. The van der Waals surface area contributed by atoms with E-state index in [-0.39, 0.29) is 23.7 Å². The van der Waals surface area contributed by atoms with Crippen molar-refractivity contribution in [1.82, 2.24) is 18.7 Å². The molecule has 2 aromatic rings. The van der Waals surface area contributed by atoms with E-state index in [4.69, 9.17) is 0 Å². The molecule has 3 N–H and O–H groups in total. The Kier molecular flexibility index (Phi) is 6.17. The average Bonchev–Trinajstić information content (AvgIpc) is 2.86. The number of aryl methyl sites for hydroxylation is 2. The molecule has 2 aromatic heterocycles. The number of imidazole rings is 1. The lowest BCUT2D eigenvalue weighted by Gasteiger charge is -2.06. The molecule has 0 aromatic carbocycles. The molecular formula is C13H22ClN5O2. The SMILES string of the molecule is Cn1c(=O)c2c(ncn2CCCCCC[NH3+])n(C)c1=O.[Cl-]. The van der Waals surface area contributed by atoms with Crippen molar-refractivity contribution in [3.8, 4) is 0 Å². The van der Waals surface area contributed by atoms with E-state index in [0.29, 0.717) is 11.2 Å². The first-order valence-corrected chi connectivity index (χ1v) is 6.98. The molecule has 0 saturated carbocycles. The second-order valence-electron chi connectivity index (χ2n) is 5.08. The molecule has 0 spiro atoms. The number of hydrogen-bond acceptors (Lipinski definition) is 3. The number of rotatable bonds is 6. The van der Waals surface area contributed by atoms with Gasteiger partial charge in [-0.3, -0.25) is 13.9 Å². The smallest absolute Gasteiger partial charge is 0.332 e. The van der Waals surface area contributed by atoms with E-state index in [0.717, 1.165) is 43.3 Å². The molecule has 118 valence electrons. The van der Waals surface area contributed by atoms with Crippen LogP contribution in [0.4, 0.5) is 0 Å². The van der Waals surface area contributed by atoms with Crippen molar-refractivity contribution < 1.29 is 18.1 Å². The molecule has 8 heteroatoms. The number of quaternary nitrogens is 1. The van der Waals surface area contributed by atoms with Gasteiger partial charge in [0.2, 0.25) is 0 Å². The van der Waals surface area contributed by atoms with Crippen molar-refractivity contribution in [2.45, 2.75) is 32.2 Å². The molecule has 0 atom stereocenters. The fourth-order valence-electron chi connectivity index (χ4n) is 2.38. The number of aromatic nitrogens is 4. The van der Waals surface area contributed by atoms with Crippen molar-refractivity contribution in [3.05, 3.63) is 27.2 Å². The Morgan fingerprint density at radius 3 is 2.43 bits per heavy atom. The zero-order valence-electron chi connectivity index (χ0n) is 12.5. The summed E-state index contributed by atoms with van der Waals surface area (Å²) in [7, 11) is 3.13. The quantitative estimate of drug-likeness (QED) is 0.555. The van der Waals surface area contributed by atoms with Crippen molar-refractivity contribution >= 4 is 11.2 Å². The zero-order valence-corrected chi connectivity index (χ0v) is 13.3. The van der Waals surface area contributed by atoms with Crippen LogP contribution in [0.2, 0.25) is 0 Å². The molecule has 0 bridgehead atoms. The van der Waals surface area contributed by atoms with E-state index in [1.165, 1.54) is 11.6 Å². The van der Waals surface area contributed by atoms with Gasteiger partial charge in [0.25, 0.3) is 5.56 Å². The first-order chi connectivity index (χ1) is 9.57. The molecule has 0 saturated heterocycles. The third-order valence-electron chi connectivity index (χ3n) is 3.62. The predicted octanol–water partition coefficient (Wildman–Crippen LogP) is -3.76. The van der Waals surface area contributed by atoms with Gasteiger partial charge >= 0.3 is 5.69 Å². The summed E-state index contributed by atoms with van der Waals surface area (Å²) >= 11 is 0. The molecule has 0 fully saturated rings. The Balaban J connectivity index is 0.00000220. The Bertz CT molecular complexity index is 716. The number of nitrogens with zero attached hydrogens (tertiary/aromatic N) is 4. The Hall–Kier alpha value is -1.60. The van der Waals surface area contributed by atoms with Gasteiger partial charge in [0, 0.05) is 20.6 Å². The van der Waals surface area contributed by atoms with Gasteiger partial charge in [-0.05, 0) is 19.3 Å². The highest BCUT2D eigenvalue weighted by Crippen LogP contribution is 2.08. The lowest BCUT2D eigenvalue weighted by Crippen LogP contribution is -3.00. The van der Waals surface area contributed by atoms with E-state index < -0.39 is 0 Å². The minimum Gasteiger partial charge on any atom is -1.00 e. The number of fused-ring (bicyclic) bond motifs is 1. The highest BCUT2D eigenvalue weighted by molar-refractivity contribution is 5.69. The third-order valence-corrected chi connectivity index (χ3v) is 3.62. The lowest BCUT2D eigenvalue weighted by molar-refractivity contribution is -0.368. The largest absolute Gasteiger partial charge is 1.00 e. The fraction of sp³-hybridized carbons (Fsp3) is 0.615. The monoisotopic (exact) mass is 315 g/mol. The number of halogens is 1. The Morgan fingerprint density at radius 1 is 1.10 bits per heavy atom. The van der Waals surface area contributed by atoms with Crippen LogP contribution in [0.1, 0.15) is 25.7 Å². The molecule has 0 amide bonds. The second kappa shape index (κ2) is 7.42. The highest BCUT2D eigenvalue weighted by Gasteiger charge is 2.13. The van der Waals surface area contributed by atoms with E-state index in [1.807, 2.05) is 4.57 Å². The standard InChI is InChI=1S/C13H21N5O2.ClH/c1-16-11-10(12(19)17(2)13(16)20)18(9-15-11)8-6-4-3-5-7-14;/h9H,3-8,14H2,1-2H3;1H. The summed E-state index contributed by atoms with van der Waals surface area (Å²) in [6.45, 7) is 1.72. The molecule has 0 aliphatic carbocycles. The summed E-state index contributed by atoms with van der Waals surface area (Å²) in [4.78, 5) is 28.2. The third kappa shape index (κ3) is 3.36. The molecule has 0 aliphatic rings. The van der Waals surface area contributed by atoms with Crippen LogP contribution in [0.15, 0.2) is 15.9 Å². The van der Waals surface area contributed by atoms with Crippen LogP contribution in [-0.2, 0) is 20.6 Å². The maximum atomic E-state index is 12.2. The van der Waals surface area contributed by atoms with Gasteiger partial charge in [-0.1, -0.05) is 6.42 Å². The van der Waals surface area contributed by atoms with Crippen LogP contribution >= 0.6 is 0 Å². The molecule has 2 heterocycles.